The summed E-state index contributed by atoms with van der Waals surface area (Å²) in [5.41, 5.74) is 2.78. The van der Waals surface area contributed by atoms with Crippen LogP contribution in [0.5, 0.6) is 0 Å². The van der Waals surface area contributed by atoms with Gasteiger partial charge in [0.15, 0.2) is 5.78 Å². The van der Waals surface area contributed by atoms with Crippen molar-refractivity contribution >= 4 is 23.7 Å². The van der Waals surface area contributed by atoms with E-state index in [2.05, 4.69) is 10.6 Å². The average Bonchev–Trinajstić information content (AvgIpc) is 2.72. The summed E-state index contributed by atoms with van der Waals surface area (Å²) in [7, 11) is 0. The van der Waals surface area contributed by atoms with Crippen LogP contribution in [-0.2, 0) is 14.3 Å². The second-order valence-corrected chi connectivity index (χ2v) is 6.87. The van der Waals surface area contributed by atoms with Gasteiger partial charge in [0.2, 0.25) is 6.10 Å². The van der Waals surface area contributed by atoms with Crippen molar-refractivity contribution in [1.82, 2.24) is 10.6 Å². The number of aryl methyl sites for hydroxylation is 2. The van der Waals surface area contributed by atoms with Crippen LogP contribution in [0, 0.1) is 13.8 Å². The number of ether oxygens (including phenoxy) is 1. The molecule has 0 aliphatic heterocycles. The molecular formula is C23H26N2O5. The Labute approximate surface area is 175 Å². The van der Waals surface area contributed by atoms with Gasteiger partial charge in [0.1, 0.15) is 0 Å². The molecule has 2 aromatic carbocycles. The van der Waals surface area contributed by atoms with Crippen LogP contribution in [0.2, 0.25) is 0 Å². The predicted octanol–water partition coefficient (Wildman–Crippen LogP) is 3.40. The summed E-state index contributed by atoms with van der Waals surface area (Å²) in [6, 6.07) is 13.3. The SMILES string of the molecule is CCNC(=O)NC(=O)[C@H](OC(=O)CCC(=O)c1cc(C)ccc1C)c1ccccc1. The average molecular weight is 410 g/mol. The van der Waals surface area contributed by atoms with E-state index >= 15 is 0 Å². The van der Waals surface area contributed by atoms with Gasteiger partial charge in [-0.25, -0.2) is 4.79 Å². The number of esters is 1. The highest BCUT2D eigenvalue weighted by molar-refractivity contribution is 6.00. The third-order valence-electron chi connectivity index (χ3n) is 4.41. The van der Waals surface area contributed by atoms with E-state index in [4.69, 9.17) is 4.74 Å². The number of rotatable bonds is 8. The molecule has 2 N–H and O–H groups in total. The lowest BCUT2D eigenvalue weighted by molar-refractivity contribution is -0.156. The summed E-state index contributed by atoms with van der Waals surface area (Å²) in [5.74, 6) is -1.63. The zero-order valence-electron chi connectivity index (χ0n) is 17.4. The molecule has 2 aromatic rings. The molecule has 2 rings (SSSR count). The number of amides is 3. The van der Waals surface area contributed by atoms with E-state index < -0.39 is 24.0 Å². The minimum atomic E-state index is -1.29. The Morgan fingerprint density at radius 3 is 2.33 bits per heavy atom. The molecule has 0 unspecified atom stereocenters. The van der Waals surface area contributed by atoms with Crippen molar-refractivity contribution in [2.24, 2.45) is 0 Å². The monoisotopic (exact) mass is 410 g/mol. The van der Waals surface area contributed by atoms with Gasteiger partial charge in [-0.05, 0) is 32.4 Å². The normalized spacial score (nSPS) is 11.3. The van der Waals surface area contributed by atoms with E-state index in [0.29, 0.717) is 17.7 Å². The van der Waals surface area contributed by atoms with E-state index in [0.717, 1.165) is 11.1 Å². The molecule has 0 saturated carbocycles. The first-order valence-corrected chi connectivity index (χ1v) is 9.75. The third-order valence-corrected chi connectivity index (χ3v) is 4.41. The molecule has 0 aromatic heterocycles. The topological polar surface area (TPSA) is 102 Å². The summed E-state index contributed by atoms with van der Waals surface area (Å²) in [4.78, 5) is 49.0. The van der Waals surface area contributed by atoms with Gasteiger partial charge < -0.3 is 10.1 Å². The van der Waals surface area contributed by atoms with Crippen LogP contribution in [0.4, 0.5) is 4.79 Å². The molecule has 0 spiro atoms. The zero-order chi connectivity index (χ0) is 22.1. The van der Waals surface area contributed by atoms with Gasteiger partial charge >= 0.3 is 12.0 Å². The Morgan fingerprint density at radius 1 is 0.967 bits per heavy atom. The van der Waals surface area contributed by atoms with Crippen LogP contribution in [-0.4, -0.2) is 30.2 Å². The standard InChI is InChI=1S/C23H26N2O5/c1-4-24-23(29)25-22(28)21(17-8-6-5-7-9-17)30-20(27)13-12-19(26)18-14-15(2)10-11-16(18)3/h5-11,14,21H,4,12-13H2,1-3H3,(H2,24,25,28,29)/t21-/m1/s1. The van der Waals surface area contributed by atoms with Crippen molar-refractivity contribution in [3.63, 3.8) is 0 Å². The molecule has 7 nitrogen and oxygen atoms in total. The number of imide groups is 1. The summed E-state index contributed by atoms with van der Waals surface area (Å²) >= 11 is 0. The second kappa shape index (κ2) is 10.9. The van der Waals surface area contributed by atoms with Gasteiger partial charge in [-0.15, -0.1) is 0 Å². The van der Waals surface area contributed by atoms with Gasteiger partial charge in [0.25, 0.3) is 5.91 Å². The second-order valence-electron chi connectivity index (χ2n) is 6.87. The molecule has 30 heavy (non-hydrogen) atoms. The number of carbonyl (C=O) groups excluding carboxylic acids is 4. The first-order chi connectivity index (χ1) is 14.3. The maximum absolute atomic E-state index is 12.5. The van der Waals surface area contributed by atoms with Crippen LogP contribution in [0.1, 0.15) is 52.9 Å². The molecule has 0 saturated heterocycles. The number of ketones is 1. The number of benzene rings is 2. The predicted molar refractivity (Wildman–Crippen MR) is 112 cm³/mol. The van der Waals surface area contributed by atoms with Gasteiger partial charge in [0, 0.05) is 24.1 Å². The number of nitrogens with one attached hydrogen (secondary N) is 2. The molecule has 0 aliphatic rings. The lowest BCUT2D eigenvalue weighted by Crippen LogP contribution is -2.42. The van der Waals surface area contributed by atoms with Gasteiger partial charge in [-0.1, -0.05) is 48.0 Å². The van der Waals surface area contributed by atoms with E-state index in [9.17, 15) is 19.2 Å². The summed E-state index contributed by atoms with van der Waals surface area (Å²) in [6.07, 6.45) is -1.51. The van der Waals surface area contributed by atoms with Gasteiger partial charge in [-0.2, -0.15) is 0 Å². The Bertz CT molecular complexity index is 924. The summed E-state index contributed by atoms with van der Waals surface area (Å²) in [6.45, 7) is 5.78. The molecule has 3 amide bonds. The van der Waals surface area contributed by atoms with E-state index in [1.54, 1.807) is 43.3 Å². The van der Waals surface area contributed by atoms with Gasteiger partial charge in [-0.3, -0.25) is 19.7 Å². The molecule has 7 heteroatoms. The molecule has 0 bridgehead atoms. The van der Waals surface area contributed by atoms with E-state index in [1.807, 2.05) is 26.0 Å². The van der Waals surface area contributed by atoms with Crippen molar-refractivity contribution in [1.29, 1.82) is 0 Å². The molecule has 0 fully saturated rings. The van der Waals surface area contributed by atoms with Gasteiger partial charge in [0.05, 0.1) is 6.42 Å². The number of hydrogen-bond acceptors (Lipinski definition) is 5. The van der Waals surface area contributed by atoms with E-state index in [1.165, 1.54) is 0 Å². The lowest BCUT2D eigenvalue weighted by atomic mass is 9.99. The van der Waals surface area contributed by atoms with E-state index in [-0.39, 0.29) is 18.6 Å². The first kappa shape index (κ1) is 22.8. The van der Waals surface area contributed by atoms with Crippen molar-refractivity contribution in [2.45, 2.75) is 39.7 Å². The van der Waals surface area contributed by atoms with Crippen molar-refractivity contribution in [2.75, 3.05) is 6.54 Å². The maximum atomic E-state index is 12.5. The van der Waals surface area contributed by atoms with Crippen LogP contribution < -0.4 is 10.6 Å². The highest BCUT2D eigenvalue weighted by atomic mass is 16.5. The molecular weight excluding hydrogens is 384 g/mol. The number of hydrogen-bond donors (Lipinski definition) is 2. The quantitative estimate of drug-likeness (QED) is 0.513. The maximum Gasteiger partial charge on any atom is 0.321 e. The van der Waals surface area contributed by atoms with Crippen LogP contribution in [0.15, 0.2) is 48.5 Å². The molecule has 0 radical (unpaired) electrons. The Morgan fingerprint density at radius 2 is 1.67 bits per heavy atom. The highest BCUT2D eigenvalue weighted by Gasteiger charge is 2.26. The minimum Gasteiger partial charge on any atom is -0.447 e. The fourth-order valence-corrected chi connectivity index (χ4v) is 2.86. The van der Waals surface area contributed by atoms with Crippen molar-refractivity contribution < 1.29 is 23.9 Å². The summed E-state index contributed by atoms with van der Waals surface area (Å²) in [5, 5.41) is 4.60. The van der Waals surface area contributed by atoms with Crippen LogP contribution in [0.25, 0.3) is 0 Å². The number of Topliss-reactive ketones (excluding diaryl/α,β-unsaturated/α-hetero) is 1. The molecule has 0 aliphatic carbocycles. The first-order valence-electron chi connectivity index (χ1n) is 9.75. The molecule has 0 heterocycles. The Balaban J connectivity index is 2.05. The number of urea groups is 1. The Kier molecular flexibility index (Phi) is 8.29. The fourth-order valence-electron chi connectivity index (χ4n) is 2.86. The third kappa shape index (κ3) is 6.55. The van der Waals surface area contributed by atoms with Crippen molar-refractivity contribution in [3.05, 3.63) is 70.8 Å². The highest BCUT2D eigenvalue weighted by Crippen LogP contribution is 2.20. The Hall–Kier alpha value is -3.48. The number of carbonyl (C=O) groups is 4. The summed E-state index contributed by atoms with van der Waals surface area (Å²) < 4.78 is 5.33. The van der Waals surface area contributed by atoms with Crippen molar-refractivity contribution in [3.8, 4) is 0 Å². The fraction of sp³-hybridized carbons (Fsp3) is 0.304. The smallest absolute Gasteiger partial charge is 0.321 e. The zero-order valence-corrected chi connectivity index (χ0v) is 17.4. The minimum absolute atomic E-state index is 0.0391. The molecule has 1 atom stereocenters. The lowest BCUT2D eigenvalue weighted by Gasteiger charge is -2.17. The molecule has 158 valence electrons. The van der Waals surface area contributed by atoms with Crippen LogP contribution >= 0.6 is 0 Å². The van der Waals surface area contributed by atoms with Crippen LogP contribution in [0.3, 0.4) is 0 Å². The largest absolute Gasteiger partial charge is 0.447 e.